The summed E-state index contributed by atoms with van der Waals surface area (Å²) in [4.78, 5) is 14.4. The van der Waals surface area contributed by atoms with Gasteiger partial charge in [-0.1, -0.05) is 19.9 Å². The number of rotatable bonds is 10. The van der Waals surface area contributed by atoms with E-state index in [0.29, 0.717) is 12.1 Å². The third-order valence-corrected chi connectivity index (χ3v) is 4.89. The average Bonchev–Trinajstić information content (AvgIpc) is 2.57. The van der Waals surface area contributed by atoms with E-state index in [1.165, 1.54) is 30.3 Å². The van der Waals surface area contributed by atoms with Crippen LogP contribution in [-0.4, -0.2) is 51.9 Å². The zero-order chi connectivity index (χ0) is 17.3. The molecule has 0 spiro atoms. The lowest BCUT2D eigenvalue weighted by atomic mass is 10.2. The number of nitrogens with one attached hydrogen (secondary N) is 2. The molecule has 0 aromatic heterocycles. The van der Waals surface area contributed by atoms with Gasteiger partial charge in [0, 0.05) is 25.2 Å². The number of hydrogen-bond acceptors (Lipinski definition) is 4. The molecule has 1 aromatic rings. The summed E-state index contributed by atoms with van der Waals surface area (Å²) in [6, 6.07) is 5.86. The molecule has 0 unspecified atom stereocenters. The van der Waals surface area contributed by atoms with Crippen LogP contribution in [0.4, 0.5) is 0 Å². The van der Waals surface area contributed by atoms with Gasteiger partial charge in [-0.25, -0.2) is 13.1 Å². The van der Waals surface area contributed by atoms with Crippen LogP contribution in [0.1, 0.15) is 24.2 Å². The SMILES string of the molecule is C=CCNS(=O)(=O)c1ccc(C(=O)NCCN(CC)CC)cc1. The van der Waals surface area contributed by atoms with Gasteiger partial charge in [-0.15, -0.1) is 6.58 Å². The van der Waals surface area contributed by atoms with Crippen molar-refractivity contribution in [3.63, 3.8) is 0 Å². The Morgan fingerprint density at radius 3 is 2.35 bits per heavy atom. The Bertz CT molecular complexity index is 608. The van der Waals surface area contributed by atoms with Crippen LogP contribution >= 0.6 is 0 Å². The van der Waals surface area contributed by atoms with Gasteiger partial charge in [-0.05, 0) is 37.4 Å². The molecule has 0 saturated heterocycles. The molecule has 2 N–H and O–H groups in total. The summed E-state index contributed by atoms with van der Waals surface area (Å²) in [7, 11) is -3.56. The first-order chi connectivity index (χ1) is 10.9. The van der Waals surface area contributed by atoms with Gasteiger partial charge in [0.15, 0.2) is 0 Å². The quantitative estimate of drug-likeness (QED) is 0.628. The minimum absolute atomic E-state index is 0.124. The van der Waals surface area contributed by atoms with Crippen LogP contribution in [-0.2, 0) is 10.0 Å². The van der Waals surface area contributed by atoms with Gasteiger partial charge in [-0.3, -0.25) is 4.79 Å². The number of likely N-dealkylation sites (N-methyl/N-ethyl adjacent to an activating group) is 1. The van der Waals surface area contributed by atoms with Crippen molar-refractivity contribution in [1.82, 2.24) is 14.9 Å². The fourth-order valence-corrected chi connectivity index (χ4v) is 3.01. The standard InChI is InChI=1S/C16H25N3O3S/c1-4-11-18-23(21,22)15-9-7-14(8-10-15)16(20)17-12-13-19(5-2)6-3/h4,7-10,18H,1,5-6,11-13H2,2-3H3,(H,17,20). The van der Waals surface area contributed by atoms with E-state index >= 15 is 0 Å². The maximum Gasteiger partial charge on any atom is 0.251 e. The third-order valence-electron chi connectivity index (χ3n) is 3.45. The Kier molecular flexibility index (Phi) is 7.94. The topological polar surface area (TPSA) is 78.5 Å². The number of carbonyl (C=O) groups excluding carboxylic acids is 1. The maximum absolute atomic E-state index is 12.0. The molecule has 6 nitrogen and oxygen atoms in total. The molecule has 0 aliphatic heterocycles. The second-order valence-corrected chi connectivity index (χ2v) is 6.71. The van der Waals surface area contributed by atoms with E-state index in [4.69, 9.17) is 0 Å². The molecule has 0 aliphatic carbocycles. The van der Waals surface area contributed by atoms with Crippen LogP contribution in [0.3, 0.4) is 0 Å². The lowest BCUT2D eigenvalue weighted by Gasteiger charge is -2.17. The summed E-state index contributed by atoms with van der Waals surface area (Å²) in [5.74, 6) is -0.208. The molecule has 128 valence electrons. The Labute approximate surface area is 138 Å². The zero-order valence-electron chi connectivity index (χ0n) is 13.7. The van der Waals surface area contributed by atoms with Crippen LogP contribution in [0, 0.1) is 0 Å². The lowest BCUT2D eigenvalue weighted by molar-refractivity contribution is 0.0949. The van der Waals surface area contributed by atoms with Crippen molar-refractivity contribution in [3.05, 3.63) is 42.5 Å². The van der Waals surface area contributed by atoms with E-state index in [-0.39, 0.29) is 17.3 Å². The van der Waals surface area contributed by atoms with Gasteiger partial charge in [0.05, 0.1) is 4.90 Å². The predicted octanol–water partition coefficient (Wildman–Crippen LogP) is 1.22. The van der Waals surface area contributed by atoms with Crippen molar-refractivity contribution < 1.29 is 13.2 Å². The maximum atomic E-state index is 12.0. The van der Waals surface area contributed by atoms with Gasteiger partial charge >= 0.3 is 0 Å². The molecular weight excluding hydrogens is 314 g/mol. The van der Waals surface area contributed by atoms with Crippen LogP contribution in [0.25, 0.3) is 0 Å². The molecule has 1 rings (SSSR count). The highest BCUT2D eigenvalue weighted by Crippen LogP contribution is 2.10. The van der Waals surface area contributed by atoms with Gasteiger partial charge in [0.25, 0.3) is 5.91 Å². The Hall–Kier alpha value is -1.70. The first kappa shape index (κ1) is 19.3. The van der Waals surface area contributed by atoms with Gasteiger partial charge in [0.2, 0.25) is 10.0 Å². The molecule has 23 heavy (non-hydrogen) atoms. The largest absolute Gasteiger partial charge is 0.351 e. The number of hydrogen-bond donors (Lipinski definition) is 2. The Balaban J connectivity index is 2.62. The summed E-state index contributed by atoms with van der Waals surface area (Å²) in [6.07, 6.45) is 1.47. The van der Waals surface area contributed by atoms with Crippen LogP contribution in [0.15, 0.2) is 41.8 Å². The van der Waals surface area contributed by atoms with Gasteiger partial charge in [-0.2, -0.15) is 0 Å². The van der Waals surface area contributed by atoms with E-state index in [2.05, 4.69) is 35.4 Å². The molecule has 0 atom stereocenters. The average molecular weight is 339 g/mol. The predicted molar refractivity (Wildman–Crippen MR) is 91.9 cm³/mol. The van der Waals surface area contributed by atoms with E-state index in [0.717, 1.165) is 19.6 Å². The highest BCUT2D eigenvalue weighted by atomic mass is 32.2. The highest BCUT2D eigenvalue weighted by molar-refractivity contribution is 7.89. The molecule has 0 bridgehead atoms. The second-order valence-electron chi connectivity index (χ2n) is 4.95. The fourth-order valence-electron chi connectivity index (χ4n) is 2.01. The summed E-state index contributed by atoms with van der Waals surface area (Å²) < 4.78 is 26.2. The van der Waals surface area contributed by atoms with E-state index in [9.17, 15) is 13.2 Å². The molecule has 1 amide bonds. The molecule has 0 fully saturated rings. The van der Waals surface area contributed by atoms with Gasteiger partial charge < -0.3 is 10.2 Å². The first-order valence-electron chi connectivity index (χ1n) is 7.65. The lowest BCUT2D eigenvalue weighted by Crippen LogP contribution is -2.34. The van der Waals surface area contributed by atoms with Crippen LogP contribution in [0.2, 0.25) is 0 Å². The van der Waals surface area contributed by atoms with Crippen molar-refractivity contribution in [2.24, 2.45) is 0 Å². The van der Waals surface area contributed by atoms with Crippen LogP contribution < -0.4 is 10.0 Å². The summed E-state index contributed by atoms with van der Waals surface area (Å²) in [5, 5.41) is 2.83. The monoisotopic (exact) mass is 339 g/mol. The zero-order valence-corrected chi connectivity index (χ0v) is 14.5. The molecule has 0 aliphatic rings. The Morgan fingerprint density at radius 2 is 1.83 bits per heavy atom. The second kappa shape index (κ2) is 9.44. The number of carbonyl (C=O) groups is 1. The Morgan fingerprint density at radius 1 is 1.22 bits per heavy atom. The van der Waals surface area contributed by atoms with E-state index in [1.807, 2.05) is 0 Å². The van der Waals surface area contributed by atoms with Crippen molar-refractivity contribution in [1.29, 1.82) is 0 Å². The number of sulfonamides is 1. The first-order valence-corrected chi connectivity index (χ1v) is 9.14. The third kappa shape index (κ3) is 6.13. The number of nitrogens with zero attached hydrogens (tertiary/aromatic N) is 1. The summed E-state index contributed by atoms with van der Waals surface area (Å²) in [5.41, 5.74) is 0.437. The normalized spacial score (nSPS) is 11.4. The van der Waals surface area contributed by atoms with E-state index < -0.39 is 10.0 Å². The number of amides is 1. The van der Waals surface area contributed by atoms with Gasteiger partial charge in [0.1, 0.15) is 0 Å². The summed E-state index contributed by atoms with van der Waals surface area (Å²) in [6.45, 7) is 11.0. The number of benzene rings is 1. The van der Waals surface area contributed by atoms with Crippen molar-refractivity contribution >= 4 is 15.9 Å². The van der Waals surface area contributed by atoms with Crippen molar-refractivity contribution in [2.75, 3.05) is 32.7 Å². The molecule has 1 aromatic carbocycles. The van der Waals surface area contributed by atoms with Crippen molar-refractivity contribution in [3.8, 4) is 0 Å². The molecular formula is C16H25N3O3S. The van der Waals surface area contributed by atoms with Crippen LogP contribution in [0.5, 0.6) is 0 Å². The molecule has 0 heterocycles. The fraction of sp³-hybridized carbons (Fsp3) is 0.438. The highest BCUT2D eigenvalue weighted by Gasteiger charge is 2.13. The summed E-state index contributed by atoms with van der Waals surface area (Å²) >= 11 is 0. The minimum atomic E-state index is -3.56. The minimum Gasteiger partial charge on any atom is -0.351 e. The molecule has 0 saturated carbocycles. The molecule has 7 heteroatoms. The smallest absolute Gasteiger partial charge is 0.251 e. The van der Waals surface area contributed by atoms with Crippen molar-refractivity contribution in [2.45, 2.75) is 18.7 Å². The molecule has 0 radical (unpaired) electrons. The van der Waals surface area contributed by atoms with E-state index in [1.54, 1.807) is 0 Å².